The zero-order chi connectivity index (χ0) is 16.4. The summed E-state index contributed by atoms with van der Waals surface area (Å²) in [5.41, 5.74) is 8.64. The Kier molecular flexibility index (Phi) is 3.76. The van der Waals surface area contributed by atoms with E-state index < -0.39 is 0 Å². The highest BCUT2D eigenvalue weighted by Crippen LogP contribution is 2.29. The van der Waals surface area contributed by atoms with Gasteiger partial charge >= 0.3 is 0 Å². The molecule has 0 spiro atoms. The zero-order valence-corrected chi connectivity index (χ0v) is 12.5. The molecule has 5 heteroatoms. The molecule has 0 aliphatic carbocycles. The number of ketones is 1. The first-order valence-corrected chi connectivity index (χ1v) is 7.08. The van der Waals surface area contributed by atoms with E-state index in [9.17, 15) is 9.90 Å². The number of aromatic nitrogens is 2. The van der Waals surface area contributed by atoms with Crippen LogP contribution in [0.1, 0.15) is 21.5 Å². The van der Waals surface area contributed by atoms with Gasteiger partial charge in [0, 0.05) is 22.9 Å². The highest BCUT2D eigenvalue weighted by Gasteiger charge is 2.13. The Bertz CT molecular complexity index is 874. The van der Waals surface area contributed by atoms with Gasteiger partial charge in [0.05, 0.1) is 5.69 Å². The predicted octanol–water partition coefficient (Wildman–Crippen LogP) is 2.97. The lowest BCUT2D eigenvalue weighted by atomic mass is 9.99. The Morgan fingerprint density at radius 1 is 1.04 bits per heavy atom. The Morgan fingerprint density at radius 3 is 2.43 bits per heavy atom. The summed E-state index contributed by atoms with van der Waals surface area (Å²) in [5.74, 6) is 0.0222. The molecule has 0 bridgehead atoms. The van der Waals surface area contributed by atoms with Crippen molar-refractivity contribution in [2.24, 2.45) is 0 Å². The van der Waals surface area contributed by atoms with Crippen molar-refractivity contribution in [1.29, 1.82) is 0 Å². The lowest BCUT2D eigenvalue weighted by Crippen LogP contribution is -2.02. The standard InChI is InChI=1S/C18H15N3O2/c1-11-2-4-12(5-3-11)17(23)13-6-7-16(22)14(10-13)15-8-9-20-18(19)21-15/h2-10,22H,1H3,(H2,19,20,21). The number of aryl methyl sites for hydroxylation is 1. The Morgan fingerprint density at radius 2 is 1.74 bits per heavy atom. The van der Waals surface area contributed by atoms with Gasteiger partial charge in [0.25, 0.3) is 0 Å². The molecule has 0 amide bonds. The van der Waals surface area contributed by atoms with Crippen LogP contribution in [0.3, 0.4) is 0 Å². The molecule has 0 unspecified atom stereocenters. The van der Waals surface area contributed by atoms with Crippen molar-refractivity contribution in [2.75, 3.05) is 5.73 Å². The molecule has 1 heterocycles. The molecule has 5 nitrogen and oxygen atoms in total. The van der Waals surface area contributed by atoms with Crippen LogP contribution < -0.4 is 5.73 Å². The molecule has 1 aromatic heterocycles. The number of carbonyl (C=O) groups excluding carboxylic acids is 1. The van der Waals surface area contributed by atoms with Gasteiger partial charge in [0.1, 0.15) is 5.75 Å². The van der Waals surface area contributed by atoms with Crippen molar-refractivity contribution in [3.63, 3.8) is 0 Å². The molecule has 0 saturated carbocycles. The smallest absolute Gasteiger partial charge is 0.220 e. The number of anilines is 1. The van der Waals surface area contributed by atoms with Crippen molar-refractivity contribution < 1.29 is 9.90 Å². The molecular weight excluding hydrogens is 290 g/mol. The maximum absolute atomic E-state index is 12.6. The van der Waals surface area contributed by atoms with Gasteiger partial charge in [-0.3, -0.25) is 4.79 Å². The summed E-state index contributed by atoms with van der Waals surface area (Å²) in [5, 5.41) is 10.1. The Hall–Kier alpha value is -3.21. The largest absolute Gasteiger partial charge is 0.507 e. The molecule has 0 radical (unpaired) electrons. The molecule has 2 aromatic carbocycles. The number of hydrogen-bond acceptors (Lipinski definition) is 5. The zero-order valence-electron chi connectivity index (χ0n) is 12.5. The van der Waals surface area contributed by atoms with Crippen molar-refractivity contribution in [1.82, 2.24) is 9.97 Å². The fraction of sp³-hybridized carbons (Fsp3) is 0.0556. The van der Waals surface area contributed by atoms with Gasteiger partial charge in [-0.2, -0.15) is 0 Å². The minimum atomic E-state index is -0.117. The first-order chi connectivity index (χ1) is 11.0. The third kappa shape index (κ3) is 3.03. The number of carbonyl (C=O) groups is 1. The normalized spacial score (nSPS) is 10.5. The maximum atomic E-state index is 12.6. The minimum absolute atomic E-state index is 0.0311. The van der Waals surface area contributed by atoms with E-state index in [0.717, 1.165) is 5.56 Å². The van der Waals surface area contributed by atoms with E-state index in [4.69, 9.17) is 5.73 Å². The van der Waals surface area contributed by atoms with Crippen LogP contribution in [0.25, 0.3) is 11.3 Å². The van der Waals surface area contributed by atoms with E-state index in [-0.39, 0.29) is 17.5 Å². The summed E-state index contributed by atoms with van der Waals surface area (Å²) < 4.78 is 0. The van der Waals surface area contributed by atoms with Crippen molar-refractivity contribution in [3.8, 4) is 17.0 Å². The molecule has 3 rings (SSSR count). The minimum Gasteiger partial charge on any atom is -0.507 e. The summed E-state index contributed by atoms with van der Waals surface area (Å²) in [7, 11) is 0. The van der Waals surface area contributed by atoms with Gasteiger partial charge in [0.2, 0.25) is 5.95 Å². The molecule has 23 heavy (non-hydrogen) atoms. The van der Waals surface area contributed by atoms with Gasteiger partial charge in [-0.05, 0) is 31.2 Å². The number of aromatic hydroxyl groups is 1. The topological polar surface area (TPSA) is 89.1 Å². The average molecular weight is 305 g/mol. The second-order valence-electron chi connectivity index (χ2n) is 5.23. The van der Waals surface area contributed by atoms with E-state index in [1.54, 1.807) is 30.3 Å². The SMILES string of the molecule is Cc1ccc(C(=O)c2ccc(O)c(-c3ccnc(N)n3)c2)cc1. The third-order valence-corrected chi connectivity index (χ3v) is 3.52. The monoisotopic (exact) mass is 305 g/mol. The van der Waals surface area contributed by atoms with E-state index in [0.29, 0.717) is 22.4 Å². The van der Waals surface area contributed by atoms with Gasteiger partial charge in [-0.15, -0.1) is 0 Å². The lowest BCUT2D eigenvalue weighted by molar-refractivity contribution is 0.103. The second kappa shape index (κ2) is 5.88. The van der Waals surface area contributed by atoms with Crippen LogP contribution >= 0.6 is 0 Å². The van der Waals surface area contributed by atoms with Crippen LogP contribution in [0.2, 0.25) is 0 Å². The first-order valence-electron chi connectivity index (χ1n) is 7.08. The average Bonchev–Trinajstić information content (AvgIpc) is 2.55. The summed E-state index contributed by atoms with van der Waals surface area (Å²) in [4.78, 5) is 20.5. The molecule has 114 valence electrons. The number of hydrogen-bond donors (Lipinski definition) is 2. The van der Waals surface area contributed by atoms with Crippen molar-refractivity contribution in [2.45, 2.75) is 6.92 Å². The third-order valence-electron chi connectivity index (χ3n) is 3.52. The number of nitrogen functional groups attached to an aromatic ring is 1. The molecule has 0 saturated heterocycles. The summed E-state index contributed by atoms with van der Waals surface area (Å²) >= 11 is 0. The second-order valence-corrected chi connectivity index (χ2v) is 5.23. The van der Waals surface area contributed by atoms with Crippen molar-refractivity contribution >= 4 is 11.7 Å². The molecule has 3 aromatic rings. The van der Waals surface area contributed by atoms with Crippen LogP contribution in [0, 0.1) is 6.92 Å². The first kappa shape index (κ1) is 14.7. The van der Waals surface area contributed by atoms with E-state index in [2.05, 4.69) is 9.97 Å². The number of phenolic OH excluding ortho intramolecular Hbond substituents is 1. The van der Waals surface area contributed by atoms with E-state index in [1.807, 2.05) is 19.1 Å². The lowest BCUT2D eigenvalue weighted by Gasteiger charge is -2.08. The predicted molar refractivity (Wildman–Crippen MR) is 88.2 cm³/mol. The molecule has 0 aliphatic rings. The summed E-state index contributed by atoms with van der Waals surface area (Å²) in [6.45, 7) is 1.96. The number of benzene rings is 2. The molecule has 0 fully saturated rings. The quantitative estimate of drug-likeness (QED) is 0.726. The highest BCUT2D eigenvalue weighted by molar-refractivity contribution is 6.09. The fourth-order valence-electron chi connectivity index (χ4n) is 2.28. The van der Waals surface area contributed by atoms with Crippen LogP contribution in [0.5, 0.6) is 5.75 Å². The van der Waals surface area contributed by atoms with Crippen LogP contribution in [-0.2, 0) is 0 Å². The Labute approximate surface area is 133 Å². The highest BCUT2D eigenvalue weighted by atomic mass is 16.3. The molecular formula is C18H15N3O2. The molecule has 0 atom stereocenters. The van der Waals surface area contributed by atoms with Crippen LogP contribution in [-0.4, -0.2) is 20.9 Å². The fourth-order valence-corrected chi connectivity index (χ4v) is 2.28. The van der Waals surface area contributed by atoms with Crippen LogP contribution in [0.4, 0.5) is 5.95 Å². The molecule has 3 N–H and O–H groups in total. The summed E-state index contributed by atoms with van der Waals surface area (Å²) in [6, 6.07) is 13.7. The Balaban J connectivity index is 2.03. The van der Waals surface area contributed by atoms with E-state index in [1.165, 1.54) is 12.3 Å². The number of rotatable bonds is 3. The van der Waals surface area contributed by atoms with Gasteiger partial charge in [-0.25, -0.2) is 9.97 Å². The summed E-state index contributed by atoms with van der Waals surface area (Å²) in [6.07, 6.45) is 1.51. The van der Waals surface area contributed by atoms with Crippen LogP contribution in [0.15, 0.2) is 54.7 Å². The molecule has 0 aliphatic heterocycles. The van der Waals surface area contributed by atoms with Gasteiger partial charge in [0.15, 0.2) is 5.78 Å². The maximum Gasteiger partial charge on any atom is 0.220 e. The number of nitrogens with two attached hydrogens (primary N) is 1. The number of phenols is 1. The van der Waals surface area contributed by atoms with Gasteiger partial charge < -0.3 is 10.8 Å². The van der Waals surface area contributed by atoms with E-state index >= 15 is 0 Å². The van der Waals surface area contributed by atoms with Gasteiger partial charge in [-0.1, -0.05) is 29.8 Å². The van der Waals surface area contributed by atoms with Crippen molar-refractivity contribution in [3.05, 3.63) is 71.4 Å². The number of nitrogens with zero attached hydrogens (tertiary/aromatic N) is 2.